The topological polar surface area (TPSA) is 42.0 Å². The van der Waals surface area contributed by atoms with Gasteiger partial charge in [0, 0.05) is 22.5 Å². The van der Waals surface area contributed by atoms with Crippen molar-refractivity contribution in [2.75, 3.05) is 5.32 Å². The summed E-state index contributed by atoms with van der Waals surface area (Å²) in [5, 5.41) is 3.91. The maximum absolute atomic E-state index is 12.4. The number of nitrogens with zero attached hydrogens (tertiary/aromatic N) is 1. The molecule has 110 valence electrons. The summed E-state index contributed by atoms with van der Waals surface area (Å²) in [7, 11) is 0. The Morgan fingerprint density at radius 1 is 1.19 bits per heavy atom. The van der Waals surface area contributed by atoms with E-state index in [1.165, 1.54) is 6.20 Å². The average Bonchev–Trinajstić information content (AvgIpc) is 2.47. The molecule has 0 aliphatic rings. The molecule has 0 radical (unpaired) electrons. The number of anilines is 1. The van der Waals surface area contributed by atoms with E-state index in [0.29, 0.717) is 15.7 Å². The number of carbonyl (C=O) groups is 1. The molecule has 0 aliphatic carbocycles. The lowest BCUT2D eigenvalue weighted by atomic mass is 10.0. The monoisotopic (exact) mass is 322 g/mol. The van der Waals surface area contributed by atoms with Crippen LogP contribution in [-0.2, 0) is 12.8 Å². The van der Waals surface area contributed by atoms with Crippen LogP contribution in [0.1, 0.15) is 35.3 Å². The van der Waals surface area contributed by atoms with Crippen LogP contribution in [0.5, 0.6) is 0 Å². The molecule has 1 N–H and O–H groups in total. The van der Waals surface area contributed by atoms with E-state index in [-0.39, 0.29) is 5.91 Å². The lowest BCUT2D eigenvalue weighted by molar-refractivity contribution is 0.102. The molecule has 0 saturated carbocycles. The third-order valence-corrected chi connectivity index (χ3v) is 3.86. The molecular weight excluding hydrogens is 307 g/mol. The fourth-order valence-corrected chi connectivity index (χ4v) is 2.66. The van der Waals surface area contributed by atoms with Crippen LogP contribution < -0.4 is 5.32 Å². The molecule has 5 heteroatoms. The van der Waals surface area contributed by atoms with E-state index in [2.05, 4.69) is 10.3 Å². The second-order valence-electron chi connectivity index (χ2n) is 4.59. The SMILES string of the molecule is CCc1ccc(Cl)c(CC)c1NC(=O)c1ccnc(Cl)c1. The minimum absolute atomic E-state index is 0.217. The Hall–Kier alpha value is -1.58. The van der Waals surface area contributed by atoms with Crippen molar-refractivity contribution < 1.29 is 4.79 Å². The number of hydrogen-bond donors (Lipinski definition) is 1. The Morgan fingerprint density at radius 3 is 2.57 bits per heavy atom. The first kappa shape index (κ1) is 15.8. The van der Waals surface area contributed by atoms with E-state index in [4.69, 9.17) is 23.2 Å². The summed E-state index contributed by atoms with van der Waals surface area (Å²) in [6.07, 6.45) is 3.08. The molecule has 0 bridgehead atoms. The number of aromatic nitrogens is 1. The van der Waals surface area contributed by atoms with E-state index in [1.807, 2.05) is 26.0 Å². The molecule has 21 heavy (non-hydrogen) atoms. The van der Waals surface area contributed by atoms with Crippen molar-refractivity contribution in [1.82, 2.24) is 4.98 Å². The van der Waals surface area contributed by atoms with Crippen LogP contribution in [0.2, 0.25) is 10.2 Å². The zero-order valence-corrected chi connectivity index (χ0v) is 13.4. The summed E-state index contributed by atoms with van der Waals surface area (Å²) in [5.41, 5.74) is 3.28. The van der Waals surface area contributed by atoms with Gasteiger partial charge in [-0.05, 0) is 42.2 Å². The molecule has 0 saturated heterocycles. The lowest BCUT2D eigenvalue weighted by Crippen LogP contribution is -2.15. The largest absolute Gasteiger partial charge is 0.321 e. The minimum atomic E-state index is -0.217. The number of rotatable bonds is 4. The molecule has 2 rings (SSSR count). The number of carbonyl (C=O) groups excluding carboxylic acids is 1. The molecule has 0 fully saturated rings. The first-order chi connectivity index (χ1) is 10.1. The Bertz CT molecular complexity index is 671. The number of pyridine rings is 1. The highest BCUT2D eigenvalue weighted by Gasteiger charge is 2.14. The van der Waals surface area contributed by atoms with Crippen molar-refractivity contribution in [3.05, 3.63) is 57.3 Å². The Morgan fingerprint density at radius 2 is 1.95 bits per heavy atom. The fraction of sp³-hybridized carbons (Fsp3) is 0.250. The van der Waals surface area contributed by atoms with Gasteiger partial charge in [-0.2, -0.15) is 0 Å². The first-order valence-electron chi connectivity index (χ1n) is 6.80. The van der Waals surface area contributed by atoms with Gasteiger partial charge in [0.1, 0.15) is 5.15 Å². The van der Waals surface area contributed by atoms with E-state index < -0.39 is 0 Å². The van der Waals surface area contributed by atoms with E-state index in [9.17, 15) is 4.79 Å². The number of nitrogens with one attached hydrogen (secondary N) is 1. The Balaban J connectivity index is 2.38. The van der Waals surface area contributed by atoms with Crippen LogP contribution in [0.3, 0.4) is 0 Å². The minimum Gasteiger partial charge on any atom is -0.321 e. The van der Waals surface area contributed by atoms with Crippen LogP contribution in [0, 0.1) is 0 Å². The van der Waals surface area contributed by atoms with E-state index >= 15 is 0 Å². The molecule has 1 aromatic heterocycles. The zero-order chi connectivity index (χ0) is 15.4. The average molecular weight is 323 g/mol. The summed E-state index contributed by atoms with van der Waals surface area (Å²) in [4.78, 5) is 16.2. The lowest BCUT2D eigenvalue weighted by Gasteiger charge is -2.16. The summed E-state index contributed by atoms with van der Waals surface area (Å²) in [6.45, 7) is 4.06. The van der Waals surface area contributed by atoms with Gasteiger partial charge in [-0.1, -0.05) is 43.1 Å². The molecule has 1 aromatic carbocycles. The second-order valence-corrected chi connectivity index (χ2v) is 5.38. The van der Waals surface area contributed by atoms with Gasteiger partial charge in [-0.25, -0.2) is 4.98 Å². The van der Waals surface area contributed by atoms with Gasteiger partial charge < -0.3 is 5.32 Å². The van der Waals surface area contributed by atoms with Gasteiger partial charge in [-0.3, -0.25) is 4.79 Å². The van der Waals surface area contributed by atoms with Gasteiger partial charge in [-0.15, -0.1) is 0 Å². The quantitative estimate of drug-likeness (QED) is 0.824. The maximum Gasteiger partial charge on any atom is 0.255 e. The highest BCUT2D eigenvalue weighted by Crippen LogP contribution is 2.30. The second kappa shape index (κ2) is 6.92. The molecule has 1 amide bonds. The third-order valence-electron chi connectivity index (χ3n) is 3.30. The van der Waals surface area contributed by atoms with Gasteiger partial charge in [0.05, 0.1) is 0 Å². The number of aryl methyl sites for hydroxylation is 1. The third kappa shape index (κ3) is 3.55. The predicted molar refractivity (Wildman–Crippen MR) is 87.4 cm³/mol. The Labute approximate surface area is 134 Å². The molecular formula is C16H16Cl2N2O. The van der Waals surface area contributed by atoms with E-state index in [1.54, 1.807) is 12.1 Å². The van der Waals surface area contributed by atoms with Crippen molar-refractivity contribution >= 4 is 34.8 Å². The fourth-order valence-electron chi connectivity index (χ4n) is 2.20. The number of halogens is 2. The van der Waals surface area contributed by atoms with Crippen molar-refractivity contribution in [2.24, 2.45) is 0 Å². The summed E-state index contributed by atoms with van der Waals surface area (Å²) < 4.78 is 0. The standard InChI is InChI=1S/C16H16Cl2N2O/c1-3-10-5-6-13(17)12(4-2)15(10)20-16(21)11-7-8-19-14(18)9-11/h5-9H,3-4H2,1-2H3,(H,20,21). The van der Waals surface area contributed by atoms with E-state index in [0.717, 1.165) is 29.7 Å². The summed E-state index contributed by atoms with van der Waals surface area (Å²) in [6, 6.07) is 6.98. The van der Waals surface area contributed by atoms with Crippen LogP contribution >= 0.6 is 23.2 Å². The van der Waals surface area contributed by atoms with Gasteiger partial charge in [0.2, 0.25) is 0 Å². The first-order valence-corrected chi connectivity index (χ1v) is 7.55. The molecule has 0 spiro atoms. The predicted octanol–water partition coefficient (Wildman–Crippen LogP) is 4.77. The Kier molecular flexibility index (Phi) is 5.21. The van der Waals surface area contributed by atoms with Crippen LogP contribution in [0.15, 0.2) is 30.5 Å². The zero-order valence-electron chi connectivity index (χ0n) is 11.9. The molecule has 0 unspecified atom stereocenters. The van der Waals surface area contributed by atoms with Gasteiger partial charge in [0.15, 0.2) is 0 Å². The maximum atomic E-state index is 12.4. The van der Waals surface area contributed by atoms with Crippen molar-refractivity contribution in [3.8, 4) is 0 Å². The smallest absolute Gasteiger partial charge is 0.255 e. The highest BCUT2D eigenvalue weighted by atomic mass is 35.5. The highest BCUT2D eigenvalue weighted by molar-refractivity contribution is 6.32. The number of benzene rings is 1. The molecule has 2 aromatic rings. The van der Waals surface area contributed by atoms with Gasteiger partial charge in [0.25, 0.3) is 5.91 Å². The van der Waals surface area contributed by atoms with Crippen LogP contribution in [-0.4, -0.2) is 10.9 Å². The van der Waals surface area contributed by atoms with Crippen molar-refractivity contribution in [3.63, 3.8) is 0 Å². The van der Waals surface area contributed by atoms with Crippen molar-refractivity contribution in [2.45, 2.75) is 26.7 Å². The summed E-state index contributed by atoms with van der Waals surface area (Å²) in [5.74, 6) is -0.217. The molecule has 0 atom stereocenters. The number of amides is 1. The summed E-state index contributed by atoms with van der Waals surface area (Å²) >= 11 is 12.1. The normalized spacial score (nSPS) is 10.5. The van der Waals surface area contributed by atoms with Crippen LogP contribution in [0.4, 0.5) is 5.69 Å². The molecule has 0 aliphatic heterocycles. The van der Waals surface area contributed by atoms with Crippen LogP contribution in [0.25, 0.3) is 0 Å². The van der Waals surface area contributed by atoms with Crippen molar-refractivity contribution in [1.29, 1.82) is 0 Å². The molecule has 3 nitrogen and oxygen atoms in total. The number of hydrogen-bond acceptors (Lipinski definition) is 2. The van der Waals surface area contributed by atoms with Gasteiger partial charge >= 0.3 is 0 Å². The molecule has 1 heterocycles.